The van der Waals surface area contributed by atoms with Crippen LogP contribution in [0.15, 0.2) is 30.4 Å². The number of nitrogens with one attached hydrogen (secondary N) is 2. The van der Waals surface area contributed by atoms with Gasteiger partial charge in [0.15, 0.2) is 0 Å². The first-order valence-corrected chi connectivity index (χ1v) is 7.93. The summed E-state index contributed by atoms with van der Waals surface area (Å²) in [7, 11) is 0. The molecule has 1 saturated carbocycles. The van der Waals surface area contributed by atoms with Crippen LogP contribution in [0.3, 0.4) is 0 Å². The second kappa shape index (κ2) is 6.13. The summed E-state index contributed by atoms with van der Waals surface area (Å²) in [5, 5.41) is 5.95. The van der Waals surface area contributed by atoms with Gasteiger partial charge in [-0.2, -0.15) is 0 Å². The Labute approximate surface area is 134 Å². The largest absolute Gasteiger partial charge is 0.347 e. The third-order valence-electron chi connectivity index (χ3n) is 4.44. The Bertz CT molecular complexity index is 642. The quantitative estimate of drug-likeness (QED) is 0.839. The molecule has 3 atom stereocenters. The maximum absolute atomic E-state index is 12.2. The molecule has 2 N–H and O–H groups in total. The summed E-state index contributed by atoms with van der Waals surface area (Å²) in [5.41, 5.74) is 1.59. The van der Waals surface area contributed by atoms with Crippen molar-refractivity contribution in [3.63, 3.8) is 0 Å². The van der Waals surface area contributed by atoms with Crippen molar-refractivity contribution in [2.24, 2.45) is 17.8 Å². The van der Waals surface area contributed by atoms with E-state index in [2.05, 4.69) is 22.8 Å². The van der Waals surface area contributed by atoms with Crippen LogP contribution in [-0.2, 0) is 9.59 Å². The highest BCUT2D eigenvalue weighted by atomic mass is 35.5. The van der Waals surface area contributed by atoms with Gasteiger partial charge in [-0.05, 0) is 49.3 Å². The first kappa shape index (κ1) is 15.1. The highest BCUT2D eigenvalue weighted by Crippen LogP contribution is 2.43. The number of hydrogen-bond donors (Lipinski definition) is 2. The Hall–Kier alpha value is -1.81. The summed E-state index contributed by atoms with van der Waals surface area (Å²) in [4.78, 5) is 24.1. The number of carbonyl (C=O) groups is 2. The summed E-state index contributed by atoms with van der Waals surface area (Å²) in [6.07, 6.45) is 6.30. The van der Waals surface area contributed by atoms with Crippen LogP contribution in [0.25, 0.3) is 0 Å². The fourth-order valence-electron chi connectivity index (χ4n) is 3.30. The molecule has 1 aromatic carbocycles. The topological polar surface area (TPSA) is 58.2 Å². The van der Waals surface area contributed by atoms with Gasteiger partial charge in [0.1, 0.15) is 0 Å². The Morgan fingerprint density at radius 3 is 2.73 bits per heavy atom. The van der Waals surface area contributed by atoms with Crippen LogP contribution in [0.4, 0.5) is 5.69 Å². The first-order valence-electron chi connectivity index (χ1n) is 7.55. The third kappa shape index (κ3) is 3.17. The van der Waals surface area contributed by atoms with Crippen molar-refractivity contribution in [2.45, 2.75) is 19.8 Å². The third-order valence-corrected chi connectivity index (χ3v) is 4.75. The molecule has 1 aromatic rings. The van der Waals surface area contributed by atoms with Gasteiger partial charge in [-0.15, -0.1) is 0 Å². The molecule has 3 rings (SSSR count). The molecule has 2 aliphatic carbocycles. The highest BCUT2D eigenvalue weighted by Gasteiger charge is 2.39. The molecule has 2 bridgehead atoms. The van der Waals surface area contributed by atoms with Crippen molar-refractivity contribution in [2.75, 3.05) is 11.9 Å². The van der Waals surface area contributed by atoms with Gasteiger partial charge in [-0.3, -0.25) is 9.59 Å². The van der Waals surface area contributed by atoms with Gasteiger partial charge in [0.05, 0.1) is 17.3 Å². The molecule has 2 aliphatic rings. The van der Waals surface area contributed by atoms with Gasteiger partial charge >= 0.3 is 0 Å². The van der Waals surface area contributed by atoms with Crippen LogP contribution in [0, 0.1) is 24.7 Å². The number of halogens is 1. The number of amides is 2. The monoisotopic (exact) mass is 318 g/mol. The predicted octanol–water partition coefficient (Wildman–Crippen LogP) is 2.92. The molecule has 0 spiro atoms. The molecule has 0 heterocycles. The van der Waals surface area contributed by atoms with Crippen LogP contribution in [0.1, 0.15) is 18.4 Å². The average Bonchev–Trinajstić information content (AvgIpc) is 3.10. The molecule has 0 radical (unpaired) electrons. The van der Waals surface area contributed by atoms with Gasteiger partial charge in [0, 0.05) is 5.92 Å². The van der Waals surface area contributed by atoms with Crippen LogP contribution in [-0.4, -0.2) is 18.4 Å². The zero-order valence-corrected chi connectivity index (χ0v) is 13.2. The van der Waals surface area contributed by atoms with E-state index in [9.17, 15) is 9.59 Å². The van der Waals surface area contributed by atoms with Crippen molar-refractivity contribution < 1.29 is 9.59 Å². The van der Waals surface area contributed by atoms with E-state index in [0.29, 0.717) is 22.5 Å². The summed E-state index contributed by atoms with van der Waals surface area (Å²) < 4.78 is 0. The molecule has 0 aliphatic heterocycles. The van der Waals surface area contributed by atoms with Gasteiger partial charge < -0.3 is 10.6 Å². The fraction of sp³-hybridized carbons (Fsp3) is 0.412. The number of benzene rings is 1. The van der Waals surface area contributed by atoms with E-state index in [4.69, 9.17) is 11.6 Å². The lowest BCUT2D eigenvalue weighted by atomic mass is 9.93. The Morgan fingerprint density at radius 2 is 2.09 bits per heavy atom. The smallest absolute Gasteiger partial charge is 0.243 e. The van der Waals surface area contributed by atoms with E-state index < -0.39 is 0 Å². The van der Waals surface area contributed by atoms with E-state index in [1.165, 1.54) is 0 Å². The SMILES string of the molecule is Cc1ccc(NC(=O)CNC(=O)C2CC3C=CC2C3)c(Cl)c1. The number of rotatable bonds is 4. The second-order valence-corrected chi connectivity index (χ2v) is 6.54. The first-order chi connectivity index (χ1) is 10.5. The molecule has 5 heteroatoms. The van der Waals surface area contributed by atoms with Crippen LogP contribution >= 0.6 is 11.6 Å². The van der Waals surface area contributed by atoms with Gasteiger partial charge in [0.2, 0.25) is 11.8 Å². The van der Waals surface area contributed by atoms with Crippen molar-refractivity contribution in [1.29, 1.82) is 0 Å². The number of aryl methyl sites for hydroxylation is 1. The Kier molecular flexibility index (Phi) is 4.21. The lowest BCUT2D eigenvalue weighted by Crippen LogP contribution is -2.38. The Balaban J connectivity index is 1.50. The van der Waals surface area contributed by atoms with Crippen LogP contribution in [0.2, 0.25) is 5.02 Å². The lowest BCUT2D eigenvalue weighted by Gasteiger charge is -2.17. The summed E-state index contributed by atoms with van der Waals surface area (Å²) >= 11 is 6.07. The molecule has 2 amide bonds. The van der Waals surface area contributed by atoms with Crippen molar-refractivity contribution in [3.05, 3.63) is 40.9 Å². The predicted molar refractivity (Wildman–Crippen MR) is 86.7 cm³/mol. The van der Waals surface area contributed by atoms with E-state index in [1.54, 1.807) is 12.1 Å². The minimum atomic E-state index is -0.266. The standard InChI is InChI=1S/C17H19ClN2O2/c1-10-2-5-15(14(18)6-10)20-16(21)9-19-17(22)13-8-11-3-4-12(13)7-11/h2-6,11-13H,7-9H2,1H3,(H,19,22)(H,20,21). The molecular weight excluding hydrogens is 300 g/mol. The number of carbonyl (C=O) groups excluding carboxylic acids is 2. The molecule has 4 nitrogen and oxygen atoms in total. The summed E-state index contributed by atoms with van der Waals surface area (Å²) in [6.45, 7) is 1.90. The van der Waals surface area contributed by atoms with Gasteiger partial charge in [-0.25, -0.2) is 0 Å². The number of hydrogen-bond acceptors (Lipinski definition) is 2. The summed E-state index contributed by atoms with van der Waals surface area (Å²) in [5.74, 6) is 0.617. The van der Waals surface area contributed by atoms with E-state index >= 15 is 0 Å². The zero-order chi connectivity index (χ0) is 15.7. The van der Waals surface area contributed by atoms with Crippen LogP contribution < -0.4 is 10.6 Å². The number of allylic oxidation sites excluding steroid dienone is 2. The highest BCUT2D eigenvalue weighted by molar-refractivity contribution is 6.33. The zero-order valence-electron chi connectivity index (χ0n) is 12.4. The maximum atomic E-state index is 12.2. The second-order valence-electron chi connectivity index (χ2n) is 6.14. The minimum Gasteiger partial charge on any atom is -0.347 e. The Morgan fingerprint density at radius 1 is 1.27 bits per heavy atom. The summed E-state index contributed by atoms with van der Waals surface area (Å²) in [6, 6.07) is 5.43. The minimum absolute atomic E-state index is 0.0192. The maximum Gasteiger partial charge on any atom is 0.243 e. The van der Waals surface area contributed by atoms with Crippen LogP contribution in [0.5, 0.6) is 0 Å². The molecule has 116 valence electrons. The normalized spacial score (nSPS) is 25.3. The number of fused-ring (bicyclic) bond motifs is 2. The van der Waals surface area contributed by atoms with Crippen molar-refractivity contribution in [3.8, 4) is 0 Å². The van der Waals surface area contributed by atoms with Crippen molar-refractivity contribution in [1.82, 2.24) is 5.32 Å². The molecule has 1 fully saturated rings. The average molecular weight is 319 g/mol. The van der Waals surface area contributed by atoms with E-state index in [1.807, 2.05) is 13.0 Å². The van der Waals surface area contributed by atoms with Crippen molar-refractivity contribution >= 4 is 29.1 Å². The molecule has 0 saturated heterocycles. The molecule has 22 heavy (non-hydrogen) atoms. The molecule has 3 unspecified atom stereocenters. The van der Waals surface area contributed by atoms with Gasteiger partial charge in [-0.1, -0.05) is 29.8 Å². The fourth-order valence-corrected chi connectivity index (χ4v) is 3.58. The van der Waals surface area contributed by atoms with E-state index in [0.717, 1.165) is 18.4 Å². The van der Waals surface area contributed by atoms with Gasteiger partial charge in [0.25, 0.3) is 0 Å². The molecular formula is C17H19ClN2O2. The lowest BCUT2D eigenvalue weighted by molar-refractivity contribution is -0.127. The molecule has 0 aromatic heterocycles. The number of anilines is 1. The van der Waals surface area contributed by atoms with E-state index in [-0.39, 0.29) is 24.3 Å².